The number of nitrogens with zero attached hydrogens (tertiary/aromatic N) is 1. The molecule has 0 fully saturated rings. The molecule has 0 radical (unpaired) electrons. The summed E-state index contributed by atoms with van der Waals surface area (Å²) in [5.41, 5.74) is 7.48. The van der Waals surface area contributed by atoms with Crippen molar-refractivity contribution < 1.29 is 0 Å². The van der Waals surface area contributed by atoms with Crippen molar-refractivity contribution in [3.05, 3.63) is 30.1 Å². The second-order valence-electron chi connectivity index (χ2n) is 4.98. The predicted molar refractivity (Wildman–Crippen MR) is 73.8 cm³/mol. The zero-order chi connectivity index (χ0) is 12.5. The molecule has 17 heavy (non-hydrogen) atoms. The van der Waals surface area contributed by atoms with Gasteiger partial charge >= 0.3 is 0 Å². The molecule has 2 unspecified atom stereocenters. The smallest absolute Gasteiger partial charge is 0.0300 e. The number of hydrogen-bond donors (Lipinski definition) is 1. The summed E-state index contributed by atoms with van der Waals surface area (Å²) in [6, 6.07) is 4.37. The lowest BCUT2D eigenvalue weighted by atomic mass is 9.90. The first-order valence-electron chi connectivity index (χ1n) is 6.90. The fourth-order valence-corrected chi connectivity index (χ4v) is 2.31. The second kappa shape index (κ2) is 8.24. The molecule has 96 valence electrons. The summed E-state index contributed by atoms with van der Waals surface area (Å²) >= 11 is 0. The van der Waals surface area contributed by atoms with Crippen LogP contribution >= 0.6 is 0 Å². The van der Waals surface area contributed by atoms with E-state index in [1.165, 1.54) is 31.2 Å². The number of rotatable bonds is 8. The van der Waals surface area contributed by atoms with Crippen LogP contribution in [0.5, 0.6) is 0 Å². The topological polar surface area (TPSA) is 38.9 Å². The fraction of sp³-hybridized carbons (Fsp3) is 0.667. The van der Waals surface area contributed by atoms with E-state index in [2.05, 4.69) is 24.9 Å². The van der Waals surface area contributed by atoms with Crippen LogP contribution in [0.4, 0.5) is 0 Å². The zero-order valence-corrected chi connectivity index (χ0v) is 11.2. The maximum absolute atomic E-state index is 6.23. The lowest BCUT2D eigenvalue weighted by Crippen LogP contribution is -2.26. The molecular weight excluding hydrogens is 208 g/mol. The summed E-state index contributed by atoms with van der Waals surface area (Å²) in [4.78, 5) is 4.13. The maximum atomic E-state index is 6.23. The second-order valence-corrected chi connectivity index (χ2v) is 4.98. The Morgan fingerprint density at radius 1 is 1.35 bits per heavy atom. The van der Waals surface area contributed by atoms with Crippen molar-refractivity contribution in [1.82, 2.24) is 4.98 Å². The van der Waals surface area contributed by atoms with Crippen LogP contribution in [0.1, 0.15) is 51.5 Å². The highest BCUT2D eigenvalue weighted by atomic mass is 14.6. The fourth-order valence-electron chi connectivity index (χ4n) is 2.31. The minimum absolute atomic E-state index is 0.279. The molecule has 2 heteroatoms. The van der Waals surface area contributed by atoms with Gasteiger partial charge in [0.1, 0.15) is 0 Å². The average Bonchev–Trinajstić information content (AvgIpc) is 2.35. The van der Waals surface area contributed by atoms with Gasteiger partial charge in [-0.2, -0.15) is 0 Å². The minimum atomic E-state index is 0.279. The van der Waals surface area contributed by atoms with Crippen LogP contribution in [0.25, 0.3) is 0 Å². The van der Waals surface area contributed by atoms with Gasteiger partial charge in [0.15, 0.2) is 0 Å². The Morgan fingerprint density at radius 2 is 2.18 bits per heavy atom. The Hall–Kier alpha value is -0.890. The Balaban J connectivity index is 2.34. The molecule has 0 aliphatic rings. The van der Waals surface area contributed by atoms with E-state index < -0.39 is 0 Å². The Kier molecular flexibility index (Phi) is 6.87. The first kappa shape index (κ1) is 14.2. The highest BCUT2D eigenvalue weighted by molar-refractivity contribution is 5.09. The Morgan fingerprint density at radius 3 is 2.76 bits per heavy atom. The molecule has 1 aromatic rings. The van der Waals surface area contributed by atoms with Gasteiger partial charge < -0.3 is 5.73 Å². The lowest BCUT2D eigenvalue weighted by molar-refractivity contribution is 0.383. The van der Waals surface area contributed by atoms with Gasteiger partial charge in [0.2, 0.25) is 0 Å². The molecule has 1 aromatic heterocycles. The highest BCUT2D eigenvalue weighted by Crippen LogP contribution is 2.19. The van der Waals surface area contributed by atoms with Gasteiger partial charge in [-0.05, 0) is 30.4 Å². The van der Waals surface area contributed by atoms with Gasteiger partial charge in [-0.15, -0.1) is 0 Å². The lowest BCUT2D eigenvalue weighted by Gasteiger charge is -2.19. The Labute approximate surface area is 106 Å². The van der Waals surface area contributed by atoms with E-state index in [-0.39, 0.29) is 6.04 Å². The quantitative estimate of drug-likeness (QED) is 0.747. The highest BCUT2D eigenvalue weighted by Gasteiger charge is 2.12. The van der Waals surface area contributed by atoms with Gasteiger partial charge in [-0.25, -0.2) is 0 Å². The summed E-state index contributed by atoms with van der Waals surface area (Å²) in [5.74, 6) is 0.793. The molecule has 0 amide bonds. The third kappa shape index (κ3) is 5.83. The van der Waals surface area contributed by atoms with E-state index in [9.17, 15) is 0 Å². The number of pyridine rings is 1. The summed E-state index contributed by atoms with van der Waals surface area (Å²) in [7, 11) is 0. The summed E-state index contributed by atoms with van der Waals surface area (Å²) in [6.45, 7) is 4.53. The average molecular weight is 234 g/mol. The molecule has 2 N–H and O–H groups in total. The molecule has 1 heterocycles. The Bertz CT molecular complexity index is 284. The van der Waals surface area contributed by atoms with Crippen molar-refractivity contribution in [3.8, 4) is 0 Å². The van der Waals surface area contributed by atoms with Crippen molar-refractivity contribution >= 4 is 0 Å². The number of unbranched alkanes of at least 4 members (excludes halogenated alkanes) is 1. The van der Waals surface area contributed by atoms with E-state index >= 15 is 0 Å². The van der Waals surface area contributed by atoms with Crippen LogP contribution in [-0.4, -0.2) is 11.0 Å². The molecule has 2 atom stereocenters. The standard InChI is InChI=1S/C15H26N2/c1-3-5-7-13(4-2)10-15(16)11-14-8-6-9-17-12-14/h6,8-9,12-13,15H,3-5,7,10-11,16H2,1-2H3. The van der Waals surface area contributed by atoms with Gasteiger partial charge in [-0.3, -0.25) is 4.98 Å². The van der Waals surface area contributed by atoms with Crippen molar-refractivity contribution in [3.63, 3.8) is 0 Å². The third-order valence-corrected chi connectivity index (χ3v) is 3.40. The van der Waals surface area contributed by atoms with Gasteiger partial charge in [0.25, 0.3) is 0 Å². The van der Waals surface area contributed by atoms with E-state index in [0.717, 1.165) is 18.8 Å². The van der Waals surface area contributed by atoms with Crippen LogP contribution in [0, 0.1) is 5.92 Å². The van der Waals surface area contributed by atoms with Crippen molar-refractivity contribution in [2.75, 3.05) is 0 Å². The number of hydrogen-bond acceptors (Lipinski definition) is 2. The van der Waals surface area contributed by atoms with Gasteiger partial charge in [0, 0.05) is 18.4 Å². The largest absolute Gasteiger partial charge is 0.327 e. The van der Waals surface area contributed by atoms with E-state index in [4.69, 9.17) is 5.73 Å². The van der Waals surface area contributed by atoms with Crippen LogP contribution in [0.3, 0.4) is 0 Å². The monoisotopic (exact) mass is 234 g/mol. The summed E-state index contributed by atoms with van der Waals surface area (Å²) in [6.07, 6.45) is 11.0. The molecule has 0 saturated heterocycles. The van der Waals surface area contributed by atoms with E-state index in [0.29, 0.717) is 0 Å². The van der Waals surface area contributed by atoms with Crippen LogP contribution in [-0.2, 0) is 6.42 Å². The molecule has 0 aliphatic carbocycles. The third-order valence-electron chi connectivity index (χ3n) is 3.40. The van der Waals surface area contributed by atoms with Crippen LogP contribution < -0.4 is 5.73 Å². The van der Waals surface area contributed by atoms with Crippen molar-refractivity contribution in [2.45, 2.75) is 58.4 Å². The number of nitrogens with two attached hydrogens (primary N) is 1. The van der Waals surface area contributed by atoms with Gasteiger partial charge in [-0.1, -0.05) is 45.6 Å². The molecule has 0 saturated carbocycles. The van der Waals surface area contributed by atoms with Crippen molar-refractivity contribution in [1.29, 1.82) is 0 Å². The van der Waals surface area contributed by atoms with Crippen molar-refractivity contribution in [2.24, 2.45) is 11.7 Å². The molecule has 2 nitrogen and oxygen atoms in total. The first-order chi connectivity index (χ1) is 8.26. The molecular formula is C15H26N2. The van der Waals surface area contributed by atoms with Gasteiger partial charge in [0.05, 0.1) is 0 Å². The maximum Gasteiger partial charge on any atom is 0.0300 e. The van der Waals surface area contributed by atoms with Crippen LogP contribution in [0.15, 0.2) is 24.5 Å². The number of aromatic nitrogens is 1. The normalized spacial score (nSPS) is 14.5. The molecule has 1 rings (SSSR count). The zero-order valence-electron chi connectivity index (χ0n) is 11.2. The molecule has 0 aliphatic heterocycles. The SMILES string of the molecule is CCCCC(CC)CC(N)Cc1cccnc1. The molecule has 0 bridgehead atoms. The summed E-state index contributed by atoms with van der Waals surface area (Å²) in [5, 5.41) is 0. The molecule has 0 spiro atoms. The summed E-state index contributed by atoms with van der Waals surface area (Å²) < 4.78 is 0. The molecule has 0 aromatic carbocycles. The predicted octanol–water partition coefficient (Wildman–Crippen LogP) is 3.56. The van der Waals surface area contributed by atoms with Crippen LogP contribution in [0.2, 0.25) is 0 Å². The first-order valence-corrected chi connectivity index (χ1v) is 6.90. The van der Waals surface area contributed by atoms with E-state index in [1.807, 2.05) is 18.5 Å². The minimum Gasteiger partial charge on any atom is -0.327 e. The van der Waals surface area contributed by atoms with E-state index in [1.54, 1.807) is 0 Å².